The number of ether oxygens (including phenoxy) is 1. The summed E-state index contributed by atoms with van der Waals surface area (Å²) in [6, 6.07) is 14.8. The summed E-state index contributed by atoms with van der Waals surface area (Å²) in [7, 11) is 1.85. The molecule has 5 heteroatoms. The SMILES string of the molecule is CNC(Cc1ccccc1Br)c1cccc(OC(F)F)c1. The maximum absolute atomic E-state index is 12.3. The molecule has 2 rings (SSSR count). The zero-order valence-electron chi connectivity index (χ0n) is 11.5. The number of hydrogen-bond acceptors (Lipinski definition) is 2. The molecule has 0 saturated heterocycles. The zero-order chi connectivity index (χ0) is 15.2. The molecule has 0 radical (unpaired) electrons. The lowest BCUT2D eigenvalue weighted by Crippen LogP contribution is -2.19. The first kappa shape index (κ1) is 15.9. The van der Waals surface area contributed by atoms with Crippen molar-refractivity contribution in [2.45, 2.75) is 19.1 Å². The van der Waals surface area contributed by atoms with Crippen molar-refractivity contribution in [3.8, 4) is 5.75 Å². The number of benzene rings is 2. The van der Waals surface area contributed by atoms with Crippen molar-refractivity contribution in [2.75, 3.05) is 7.05 Å². The molecule has 0 aliphatic heterocycles. The fourth-order valence-corrected chi connectivity index (χ4v) is 2.62. The molecule has 0 aliphatic carbocycles. The summed E-state index contributed by atoms with van der Waals surface area (Å²) in [5, 5.41) is 3.21. The maximum Gasteiger partial charge on any atom is 0.387 e. The lowest BCUT2D eigenvalue weighted by atomic mass is 9.99. The predicted molar refractivity (Wildman–Crippen MR) is 82.7 cm³/mol. The number of nitrogens with one attached hydrogen (secondary N) is 1. The van der Waals surface area contributed by atoms with Crippen LogP contribution >= 0.6 is 15.9 Å². The topological polar surface area (TPSA) is 21.3 Å². The van der Waals surface area contributed by atoms with Gasteiger partial charge in [0, 0.05) is 10.5 Å². The minimum Gasteiger partial charge on any atom is -0.435 e. The molecule has 0 aliphatic rings. The predicted octanol–water partition coefficient (Wildman–Crippen LogP) is 4.55. The number of halogens is 3. The van der Waals surface area contributed by atoms with Crippen molar-refractivity contribution in [3.05, 3.63) is 64.1 Å². The highest BCUT2D eigenvalue weighted by Crippen LogP contribution is 2.26. The quantitative estimate of drug-likeness (QED) is 0.820. The van der Waals surface area contributed by atoms with E-state index in [4.69, 9.17) is 0 Å². The van der Waals surface area contributed by atoms with Crippen LogP contribution in [0.15, 0.2) is 53.0 Å². The van der Waals surface area contributed by atoms with Gasteiger partial charge in [-0.3, -0.25) is 0 Å². The fraction of sp³-hybridized carbons (Fsp3) is 0.250. The van der Waals surface area contributed by atoms with Crippen molar-refractivity contribution in [1.29, 1.82) is 0 Å². The van der Waals surface area contributed by atoms with E-state index in [9.17, 15) is 8.78 Å². The van der Waals surface area contributed by atoms with Crippen LogP contribution in [0.2, 0.25) is 0 Å². The number of rotatable bonds is 6. The fourth-order valence-electron chi connectivity index (χ4n) is 2.18. The summed E-state index contributed by atoms with van der Waals surface area (Å²) in [6.45, 7) is -2.81. The summed E-state index contributed by atoms with van der Waals surface area (Å²) in [5.74, 6) is 0.176. The van der Waals surface area contributed by atoms with Gasteiger partial charge in [-0.1, -0.05) is 46.3 Å². The van der Waals surface area contributed by atoms with Crippen LogP contribution in [0.5, 0.6) is 5.75 Å². The second kappa shape index (κ2) is 7.52. The third-order valence-electron chi connectivity index (χ3n) is 3.22. The van der Waals surface area contributed by atoms with Crippen molar-refractivity contribution in [2.24, 2.45) is 0 Å². The van der Waals surface area contributed by atoms with Gasteiger partial charge in [-0.15, -0.1) is 0 Å². The van der Waals surface area contributed by atoms with E-state index in [0.717, 1.165) is 22.0 Å². The van der Waals surface area contributed by atoms with E-state index in [1.165, 1.54) is 6.07 Å². The van der Waals surface area contributed by atoms with Gasteiger partial charge in [0.25, 0.3) is 0 Å². The summed E-state index contributed by atoms with van der Waals surface area (Å²) >= 11 is 3.52. The molecule has 2 aromatic rings. The van der Waals surface area contributed by atoms with Crippen LogP contribution in [0.3, 0.4) is 0 Å². The van der Waals surface area contributed by atoms with Gasteiger partial charge < -0.3 is 10.1 Å². The van der Waals surface area contributed by atoms with E-state index in [0.29, 0.717) is 0 Å². The van der Waals surface area contributed by atoms with Gasteiger partial charge in [-0.25, -0.2) is 0 Å². The molecule has 0 bridgehead atoms. The molecule has 2 nitrogen and oxygen atoms in total. The Kier molecular flexibility index (Phi) is 5.70. The van der Waals surface area contributed by atoms with Crippen LogP contribution in [0.25, 0.3) is 0 Å². The van der Waals surface area contributed by atoms with Crippen LogP contribution in [0, 0.1) is 0 Å². The molecule has 2 aromatic carbocycles. The molecule has 0 fully saturated rings. The molecular weight excluding hydrogens is 340 g/mol. The Labute approximate surface area is 131 Å². The van der Waals surface area contributed by atoms with Gasteiger partial charge in [-0.2, -0.15) is 8.78 Å². The minimum absolute atomic E-state index is 0.0184. The zero-order valence-corrected chi connectivity index (χ0v) is 13.1. The number of hydrogen-bond donors (Lipinski definition) is 1. The van der Waals surface area contributed by atoms with E-state index < -0.39 is 6.61 Å². The highest BCUT2D eigenvalue weighted by atomic mass is 79.9. The van der Waals surface area contributed by atoms with Crippen molar-refractivity contribution in [3.63, 3.8) is 0 Å². The van der Waals surface area contributed by atoms with Crippen molar-refractivity contribution >= 4 is 15.9 Å². The van der Waals surface area contributed by atoms with Gasteiger partial charge >= 0.3 is 6.61 Å². The summed E-state index contributed by atoms with van der Waals surface area (Å²) in [4.78, 5) is 0. The Morgan fingerprint density at radius 2 is 1.90 bits per heavy atom. The largest absolute Gasteiger partial charge is 0.435 e. The van der Waals surface area contributed by atoms with Gasteiger partial charge in [-0.05, 0) is 42.8 Å². The van der Waals surface area contributed by atoms with Crippen LogP contribution in [0.4, 0.5) is 8.78 Å². The Balaban J connectivity index is 2.19. The Bertz CT molecular complexity index is 592. The van der Waals surface area contributed by atoms with Crippen LogP contribution in [0.1, 0.15) is 17.2 Å². The molecule has 1 N–H and O–H groups in total. The molecule has 0 saturated carbocycles. The molecule has 0 amide bonds. The van der Waals surface area contributed by atoms with Crippen molar-refractivity contribution in [1.82, 2.24) is 5.32 Å². The average Bonchev–Trinajstić information content (AvgIpc) is 2.46. The smallest absolute Gasteiger partial charge is 0.387 e. The summed E-state index contributed by atoms with van der Waals surface area (Å²) < 4.78 is 30.1. The minimum atomic E-state index is -2.81. The number of likely N-dealkylation sites (N-methyl/N-ethyl adjacent to an activating group) is 1. The second-order valence-corrected chi connectivity index (χ2v) is 5.44. The van der Waals surface area contributed by atoms with E-state index in [2.05, 4.69) is 26.0 Å². The van der Waals surface area contributed by atoms with Gasteiger partial charge in [0.1, 0.15) is 5.75 Å². The van der Waals surface area contributed by atoms with E-state index in [1.54, 1.807) is 12.1 Å². The molecule has 112 valence electrons. The van der Waals surface area contributed by atoms with Gasteiger partial charge in [0.05, 0.1) is 0 Å². The van der Waals surface area contributed by atoms with Crippen molar-refractivity contribution < 1.29 is 13.5 Å². The Hall–Kier alpha value is -1.46. The van der Waals surface area contributed by atoms with E-state index in [1.807, 2.05) is 37.4 Å². The first-order chi connectivity index (χ1) is 10.1. The van der Waals surface area contributed by atoms with E-state index in [-0.39, 0.29) is 11.8 Å². The van der Waals surface area contributed by atoms with Crippen LogP contribution in [-0.2, 0) is 6.42 Å². The normalized spacial score (nSPS) is 12.4. The highest BCUT2D eigenvalue weighted by Gasteiger charge is 2.13. The van der Waals surface area contributed by atoms with Crippen LogP contribution in [-0.4, -0.2) is 13.7 Å². The van der Waals surface area contributed by atoms with Gasteiger partial charge in [0.15, 0.2) is 0 Å². The lowest BCUT2D eigenvalue weighted by molar-refractivity contribution is -0.0499. The first-order valence-electron chi connectivity index (χ1n) is 6.55. The number of alkyl halides is 2. The monoisotopic (exact) mass is 355 g/mol. The summed E-state index contributed by atoms with van der Waals surface area (Å²) in [5.41, 5.74) is 2.06. The van der Waals surface area contributed by atoms with E-state index >= 15 is 0 Å². The Morgan fingerprint density at radius 3 is 2.57 bits per heavy atom. The third kappa shape index (κ3) is 4.51. The second-order valence-electron chi connectivity index (χ2n) is 4.59. The third-order valence-corrected chi connectivity index (χ3v) is 3.99. The molecular formula is C16H16BrF2NO. The Morgan fingerprint density at radius 1 is 1.14 bits per heavy atom. The van der Waals surface area contributed by atoms with Crippen LogP contribution < -0.4 is 10.1 Å². The standard InChI is InChI=1S/C16H16BrF2NO/c1-20-15(10-11-5-2-3-8-14(11)17)12-6-4-7-13(9-12)21-16(18)19/h2-9,15-16,20H,10H2,1H3. The van der Waals surface area contributed by atoms with Gasteiger partial charge in [0.2, 0.25) is 0 Å². The molecule has 0 spiro atoms. The summed E-state index contributed by atoms with van der Waals surface area (Å²) in [6.07, 6.45) is 0.746. The maximum atomic E-state index is 12.3. The molecule has 0 aromatic heterocycles. The molecule has 0 heterocycles. The first-order valence-corrected chi connectivity index (χ1v) is 7.35. The molecule has 1 unspecified atom stereocenters. The lowest BCUT2D eigenvalue weighted by Gasteiger charge is -2.18. The molecule has 1 atom stereocenters. The highest BCUT2D eigenvalue weighted by molar-refractivity contribution is 9.10. The average molecular weight is 356 g/mol. The molecule has 21 heavy (non-hydrogen) atoms.